The van der Waals surface area contributed by atoms with Gasteiger partial charge in [0.2, 0.25) is 0 Å². The van der Waals surface area contributed by atoms with Gasteiger partial charge in [0.05, 0.1) is 18.3 Å². The molecule has 21 heavy (non-hydrogen) atoms. The smallest absolute Gasteiger partial charge is 0.262 e. The van der Waals surface area contributed by atoms with Gasteiger partial charge in [0.1, 0.15) is 10.6 Å². The Kier molecular flexibility index (Phi) is 4.01. The van der Waals surface area contributed by atoms with Crippen LogP contribution in [-0.4, -0.2) is 16.2 Å². The predicted octanol–water partition coefficient (Wildman–Crippen LogP) is 3.24. The highest BCUT2D eigenvalue weighted by molar-refractivity contribution is 7.18. The molecule has 0 spiro atoms. The van der Waals surface area contributed by atoms with Gasteiger partial charge in [0, 0.05) is 11.4 Å². The Morgan fingerprint density at radius 1 is 1.29 bits per heavy atom. The average molecular weight is 300 g/mol. The lowest BCUT2D eigenvalue weighted by atomic mass is 10.3. The number of aryl methyl sites for hydroxylation is 2. The normalized spacial score (nSPS) is 10.9. The van der Waals surface area contributed by atoms with Crippen LogP contribution in [0.4, 0.5) is 0 Å². The largest absolute Gasteiger partial charge is 0.494 e. The quantitative estimate of drug-likeness (QED) is 0.679. The highest BCUT2D eigenvalue weighted by atomic mass is 32.1. The molecule has 0 aliphatic rings. The first-order chi connectivity index (χ1) is 10.2. The van der Waals surface area contributed by atoms with Crippen molar-refractivity contribution in [2.24, 2.45) is 0 Å². The highest BCUT2D eigenvalue weighted by Crippen LogP contribution is 2.19. The van der Waals surface area contributed by atoms with E-state index in [0.29, 0.717) is 18.5 Å². The van der Waals surface area contributed by atoms with Gasteiger partial charge in [0.25, 0.3) is 5.56 Å². The molecule has 4 nitrogen and oxygen atoms in total. The van der Waals surface area contributed by atoms with E-state index in [1.54, 1.807) is 22.2 Å². The molecular weight excluding hydrogens is 284 g/mol. The maximum absolute atomic E-state index is 12.3. The minimum absolute atomic E-state index is 0.0315. The Bertz CT molecular complexity index is 793. The second-order valence-corrected chi connectivity index (χ2v) is 6.07. The van der Waals surface area contributed by atoms with Crippen molar-refractivity contribution in [3.8, 4) is 5.75 Å². The van der Waals surface area contributed by atoms with Crippen LogP contribution in [-0.2, 0) is 6.54 Å². The standard InChI is InChI=1S/C16H16N2O2S/c1-12-10-14-15(21-12)17-11-18(16(14)19)8-5-9-20-13-6-3-2-4-7-13/h2-4,6-7,10-11H,5,8-9H2,1H3. The molecule has 0 saturated carbocycles. The SMILES string of the molecule is Cc1cc2c(=O)n(CCCOc3ccccc3)cnc2s1. The molecule has 0 bridgehead atoms. The molecule has 0 N–H and O–H groups in total. The summed E-state index contributed by atoms with van der Waals surface area (Å²) in [5, 5.41) is 0.712. The maximum atomic E-state index is 12.3. The van der Waals surface area contributed by atoms with E-state index in [1.807, 2.05) is 43.3 Å². The fraction of sp³-hybridized carbons (Fsp3) is 0.250. The second kappa shape index (κ2) is 6.10. The molecule has 0 fully saturated rings. The zero-order valence-electron chi connectivity index (χ0n) is 11.8. The molecule has 0 radical (unpaired) electrons. The van der Waals surface area contributed by atoms with Crippen LogP contribution in [0.1, 0.15) is 11.3 Å². The Hall–Kier alpha value is -2.14. The number of hydrogen-bond donors (Lipinski definition) is 0. The Morgan fingerprint density at radius 3 is 2.90 bits per heavy atom. The van der Waals surface area contributed by atoms with E-state index in [0.717, 1.165) is 21.9 Å². The lowest BCUT2D eigenvalue weighted by molar-refractivity contribution is 0.301. The van der Waals surface area contributed by atoms with Gasteiger partial charge in [0.15, 0.2) is 0 Å². The molecule has 0 amide bonds. The number of thiophene rings is 1. The van der Waals surface area contributed by atoms with Gasteiger partial charge in [-0.3, -0.25) is 9.36 Å². The van der Waals surface area contributed by atoms with Gasteiger partial charge in [-0.15, -0.1) is 11.3 Å². The van der Waals surface area contributed by atoms with Crippen LogP contribution in [0.3, 0.4) is 0 Å². The molecule has 1 aromatic carbocycles. The monoisotopic (exact) mass is 300 g/mol. The van der Waals surface area contributed by atoms with E-state index in [1.165, 1.54) is 0 Å². The number of rotatable bonds is 5. The Labute approximate surface area is 126 Å². The Balaban J connectivity index is 1.63. The zero-order chi connectivity index (χ0) is 14.7. The average Bonchev–Trinajstić information content (AvgIpc) is 2.88. The first kappa shape index (κ1) is 13.8. The van der Waals surface area contributed by atoms with Gasteiger partial charge < -0.3 is 4.74 Å². The van der Waals surface area contributed by atoms with Crippen molar-refractivity contribution in [2.75, 3.05) is 6.61 Å². The molecule has 3 rings (SSSR count). The summed E-state index contributed by atoms with van der Waals surface area (Å²) in [6.07, 6.45) is 2.40. The lowest BCUT2D eigenvalue weighted by Gasteiger charge is -2.07. The van der Waals surface area contributed by atoms with Gasteiger partial charge in [-0.25, -0.2) is 4.98 Å². The number of hydrogen-bond acceptors (Lipinski definition) is 4. The van der Waals surface area contributed by atoms with Gasteiger partial charge >= 0.3 is 0 Å². The minimum atomic E-state index is 0.0315. The molecule has 5 heteroatoms. The van der Waals surface area contributed by atoms with E-state index < -0.39 is 0 Å². The molecule has 0 aliphatic carbocycles. The van der Waals surface area contributed by atoms with Crippen molar-refractivity contribution < 1.29 is 4.74 Å². The second-order valence-electron chi connectivity index (χ2n) is 4.83. The molecule has 0 aliphatic heterocycles. The first-order valence-electron chi connectivity index (χ1n) is 6.87. The van der Waals surface area contributed by atoms with E-state index >= 15 is 0 Å². The molecule has 0 saturated heterocycles. The van der Waals surface area contributed by atoms with Crippen molar-refractivity contribution in [2.45, 2.75) is 19.9 Å². The van der Waals surface area contributed by atoms with Crippen molar-refractivity contribution in [1.29, 1.82) is 0 Å². The van der Waals surface area contributed by atoms with Crippen LogP contribution < -0.4 is 10.3 Å². The molecule has 3 aromatic rings. The van der Waals surface area contributed by atoms with Crippen LogP contribution >= 0.6 is 11.3 Å². The van der Waals surface area contributed by atoms with E-state index in [2.05, 4.69) is 4.98 Å². The summed E-state index contributed by atoms with van der Waals surface area (Å²) < 4.78 is 7.28. The van der Waals surface area contributed by atoms with Crippen LogP contribution in [0.5, 0.6) is 5.75 Å². The zero-order valence-corrected chi connectivity index (χ0v) is 12.6. The highest BCUT2D eigenvalue weighted by Gasteiger charge is 2.06. The topological polar surface area (TPSA) is 44.1 Å². The van der Waals surface area contributed by atoms with Gasteiger partial charge in [-0.1, -0.05) is 18.2 Å². The van der Waals surface area contributed by atoms with Crippen molar-refractivity contribution in [3.63, 3.8) is 0 Å². The number of ether oxygens (including phenoxy) is 1. The lowest BCUT2D eigenvalue weighted by Crippen LogP contribution is -2.21. The number of nitrogens with zero attached hydrogens (tertiary/aromatic N) is 2. The number of benzene rings is 1. The van der Waals surface area contributed by atoms with E-state index in [4.69, 9.17) is 4.74 Å². The predicted molar refractivity (Wildman–Crippen MR) is 85.2 cm³/mol. The summed E-state index contributed by atoms with van der Waals surface area (Å²) in [5.41, 5.74) is 0.0315. The summed E-state index contributed by atoms with van der Waals surface area (Å²) >= 11 is 1.55. The molecule has 0 unspecified atom stereocenters. The fourth-order valence-electron chi connectivity index (χ4n) is 2.18. The molecular formula is C16H16N2O2S. The van der Waals surface area contributed by atoms with Crippen molar-refractivity contribution in [1.82, 2.24) is 9.55 Å². The summed E-state index contributed by atoms with van der Waals surface area (Å²) in [6, 6.07) is 11.6. The van der Waals surface area contributed by atoms with Crippen molar-refractivity contribution in [3.05, 3.63) is 58.0 Å². The summed E-state index contributed by atoms with van der Waals surface area (Å²) in [6.45, 7) is 3.19. The Morgan fingerprint density at radius 2 is 2.10 bits per heavy atom. The van der Waals surface area contributed by atoms with Gasteiger partial charge in [-0.2, -0.15) is 0 Å². The summed E-state index contributed by atoms with van der Waals surface area (Å²) in [5.74, 6) is 0.854. The molecule has 2 heterocycles. The van der Waals surface area contributed by atoms with Crippen LogP contribution in [0, 0.1) is 6.92 Å². The molecule has 2 aromatic heterocycles. The summed E-state index contributed by atoms with van der Waals surface area (Å²) in [7, 11) is 0. The number of para-hydroxylation sites is 1. The third-order valence-electron chi connectivity index (χ3n) is 3.20. The third-order valence-corrected chi connectivity index (χ3v) is 4.16. The molecule has 0 atom stereocenters. The van der Waals surface area contributed by atoms with Crippen LogP contribution in [0.25, 0.3) is 10.2 Å². The van der Waals surface area contributed by atoms with Gasteiger partial charge in [-0.05, 0) is 31.5 Å². The summed E-state index contributed by atoms with van der Waals surface area (Å²) in [4.78, 5) is 18.6. The molecule has 108 valence electrons. The minimum Gasteiger partial charge on any atom is -0.494 e. The van der Waals surface area contributed by atoms with E-state index in [-0.39, 0.29) is 5.56 Å². The number of fused-ring (bicyclic) bond motifs is 1. The fourth-order valence-corrected chi connectivity index (χ4v) is 3.02. The van der Waals surface area contributed by atoms with Crippen molar-refractivity contribution >= 4 is 21.6 Å². The first-order valence-corrected chi connectivity index (χ1v) is 7.69. The third kappa shape index (κ3) is 3.13. The van der Waals surface area contributed by atoms with E-state index in [9.17, 15) is 4.79 Å². The van der Waals surface area contributed by atoms with Crippen LogP contribution in [0.15, 0.2) is 47.5 Å². The van der Waals surface area contributed by atoms with Crippen LogP contribution in [0.2, 0.25) is 0 Å². The number of aromatic nitrogens is 2. The maximum Gasteiger partial charge on any atom is 0.262 e.